The van der Waals surface area contributed by atoms with Gasteiger partial charge in [0.2, 0.25) is 0 Å². The molecular weight excluding hydrogens is 276 g/mol. The highest BCUT2D eigenvalue weighted by Gasteiger charge is 2.30. The Kier molecular flexibility index (Phi) is 3.25. The van der Waals surface area contributed by atoms with Crippen molar-refractivity contribution in [2.75, 3.05) is 6.54 Å². The van der Waals surface area contributed by atoms with Gasteiger partial charge in [-0.2, -0.15) is 0 Å². The number of hydrogen-bond acceptors (Lipinski definition) is 3. The average molecular weight is 296 g/mol. The molecular formula is C18H20N2O2. The van der Waals surface area contributed by atoms with Gasteiger partial charge in [0.25, 0.3) is 5.91 Å². The minimum atomic E-state index is 0.0219. The van der Waals surface area contributed by atoms with Gasteiger partial charge in [0, 0.05) is 25.1 Å². The third-order valence-corrected chi connectivity index (χ3v) is 4.91. The molecule has 1 aromatic heterocycles. The van der Waals surface area contributed by atoms with Crippen LogP contribution in [0.1, 0.15) is 46.3 Å². The quantitative estimate of drug-likeness (QED) is 0.812. The molecule has 0 unspecified atom stereocenters. The Balaban J connectivity index is 1.60. The molecule has 1 atom stereocenters. The van der Waals surface area contributed by atoms with Gasteiger partial charge in [0.15, 0.2) is 5.69 Å². The van der Waals surface area contributed by atoms with Gasteiger partial charge in [-0.15, -0.1) is 0 Å². The molecule has 0 radical (unpaired) electrons. The van der Waals surface area contributed by atoms with Gasteiger partial charge in [-0.05, 0) is 36.3 Å². The Bertz CT molecular complexity index is 720. The van der Waals surface area contributed by atoms with Crippen LogP contribution in [-0.4, -0.2) is 22.5 Å². The number of hydrogen-bond donors (Lipinski definition) is 0. The molecule has 1 aromatic carbocycles. The number of rotatable bonds is 1. The molecule has 22 heavy (non-hydrogen) atoms. The predicted octanol–water partition coefficient (Wildman–Crippen LogP) is 3.00. The molecule has 114 valence electrons. The zero-order valence-corrected chi connectivity index (χ0v) is 12.8. The normalized spacial score (nSPS) is 20.4. The second-order valence-electron chi connectivity index (χ2n) is 6.53. The van der Waals surface area contributed by atoms with E-state index in [1.165, 1.54) is 11.1 Å². The molecule has 0 bridgehead atoms. The van der Waals surface area contributed by atoms with Crippen LogP contribution in [0.4, 0.5) is 0 Å². The largest absolute Gasteiger partial charge is 0.360 e. The Hall–Kier alpha value is -2.10. The molecule has 0 saturated heterocycles. The second kappa shape index (κ2) is 5.27. The highest BCUT2D eigenvalue weighted by Crippen LogP contribution is 2.29. The maximum absolute atomic E-state index is 12.9. The zero-order valence-electron chi connectivity index (χ0n) is 12.8. The SMILES string of the molecule is C[C@@H]1CCc2onc(C(=O)N3CCc4ccccc4C3)c2C1. The number of benzene rings is 1. The van der Waals surface area contributed by atoms with E-state index in [-0.39, 0.29) is 5.91 Å². The van der Waals surface area contributed by atoms with Gasteiger partial charge in [-0.3, -0.25) is 4.79 Å². The number of aryl methyl sites for hydroxylation is 1. The first-order valence-electron chi connectivity index (χ1n) is 8.06. The first kappa shape index (κ1) is 13.6. The van der Waals surface area contributed by atoms with Crippen LogP contribution in [0.15, 0.2) is 28.8 Å². The van der Waals surface area contributed by atoms with E-state index in [9.17, 15) is 4.79 Å². The highest BCUT2D eigenvalue weighted by molar-refractivity contribution is 5.94. The molecule has 2 aliphatic rings. The van der Waals surface area contributed by atoms with Crippen LogP contribution >= 0.6 is 0 Å². The molecule has 2 heterocycles. The fourth-order valence-corrected chi connectivity index (χ4v) is 3.57. The number of carbonyl (C=O) groups is 1. The third-order valence-electron chi connectivity index (χ3n) is 4.91. The average Bonchev–Trinajstić information content (AvgIpc) is 2.96. The van der Waals surface area contributed by atoms with E-state index in [2.05, 4.69) is 30.3 Å². The van der Waals surface area contributed by atoms with Crippen molar-refractivity contribution in [1.29, 1.82) is 0 Å². The van der Waals surface area contributed by atoms with Crippen molar-refractivity contribution >= 4 is 5.91 Å². The van der Waals surface area contributed by atoms with E-state index in [1.807, 2.05) is 11.0 Å². The van der Waals surface area contributed by atoms with Crippen molar-refractivity contribution in [3.05, 3.63) is 52.4 Å². The van der Waals surface area contributed by atoms with E-state index < -0.39 is 0 Å². The Morgan fingerprint density at radius 2 is 2.09 bits per heavy atom. The van der Waals surface area contributed by atoms with Gasteiger partial charge in [-0.25, -0.2) is 0 Å². The molecule has 0 saturated carbocycles. The van der Waals surface area contributed by atoms with Crippen molar-refractivity contribution in [1.82, 2.24) is 10.1 Å². The van der Waals surface area contributed by atoms with Gasteiger partial charge < -0.3 is 9.42 Å². The summed E-state index contributed by atoms with van der Waals surface area (Å²) in [6.45, 7) is 3.65. The predicted molar refractivity (Wildman–Crippen MR) is 82.6 cm³/mol. The summed E-state index contributed by atoms with van der Waals surface area (Å²) in [6, 6.07) is 8.35. The van der Waals surface area contributed by atoms with Gasteiger partial charge >= 0.3 is 0 Å². The van der Waals surface area contributed by atoms with Crippen molar-refractivity contribution in [2.24, 2.45) is 5.92 Å². The minimum Gasteiger partial charge on any atom is -0.360 e. The van der Waals surface area contributed by atoms with E-state index in [0.29, 0.717) is 18.2 Å². The zero-order chi connectivity index (χ0) is 15.1. The van der Waals surface area contributed by atoms with Crippen LogP contribution < -0.4 is 0 Å². The van der Waals surface area contributed by atoms with Crippen LogP contribution in [0.2, 0.25) is 0 Å². The topological polar surface area (TPSA) is 46.3 Å². The number of amides is 1. The summed E-state index contributed by atoms with van der Waals surface area (Å²) in [5.41, 5.74) is 4.18. The third kappa shape index (κ3) is 2.23. The summed E-state index contributed by atoms with van der Waals surface area (Å²) < 4.78 is 5.42. The van der Waals surface area contributed by atoms with Crippen LogP contribution in [0.3, 0.4) is 0 Å². The Morgan fingerprint density at radius 1 is 1.27 bits per heavy atom. The van der Waals surface area contributed by atoms with Crippen molar-refractivity contribution in [2.45, 2.75) is 39.2 Å². The second-order valence-corrected chi connectivity index (χ2v) is 6.53. The molecule has 1 amide bonds. The van der Waals surface area contributed by atoms with Gasteiger partial charge in [-0.1, -0.05) is 36.3 Å². The van der Waals surface area contributed by atoms with E-state index in [1.54, 1.807) is 0 Å². The summed E-state index contributed by atoms with van der Waals surface area (Å²) in [5.74, 6) is 1.54. The van der Waals surface area contributed by atoms with Crippen LogP contribution in [0.5, 0.6) is 0 Å². The van der Waals surface area contributed by atoms with Crippen LogP contribution in [-0.2, 0) is 25.8 Å². The maximum Gasteiger partial charge on any atom is 0.276 e. The first-order valence-corrected chi connectivity index (χ1v) is 8.06. The summed E-state index contributed by atoms with van der Waals surface area (Å²) >= 11 is 0. The molecule has 0 N–H and O–H groups in total. The number of aromatic nitrogens is 1. The number of nitrogens with zero attached hydrogens (tertiary/aromatic N) is 2. The van der Waals surface area contributed by atoms with Gasteiger partial charge in [0.1, 0.15) is 5.76 Å². The standard InChI is InChI=1S/C18H20N2O2/c1-12-6-7-16-15(10-12)17(19-22-16)18(21)20-9-8-13-4-2-3-5-14(13)11-20/h2-5,12H,6-11H2,1H3/t12-/m1/s1. The molecule has 2 aromatic rings. The summed E-state index contributed by atoms with van der Waals surface area (Å²) in [7, 11) is 0. The fraction of sp³-hybridized carbons (Fsp3) is 0.444. The van der Waals surface area contributed by atoms with Gasteiger partial charge in [0.05, 0.1) is 0 Å². The van der Waals surface area contributed by atoms with Crippen LogP contribution in [0, 0.1) is 5.92 Å². The van der Waals surface area contributed by atoms with Crippen molar-refractivity contribution < 1.29 is 9.32 Å². The Morgan fingerprint density at radius 3 is 2.95 bits per heavy atom. The lowest BCUT2D eigenvalue weighted by Gasteiger charge is -2.28. The van der Waals surface area contributed by atoms with Crippen LogP contribution in [0.25, 0.3) is 0 Å². The smallest absolute Gasteiger partial charge is 0.276 e. The monoisotopic (exact) mass is 296 g/mol. The molecule has 0 fully saturated rings. The lowest BCUT2D eigenvalue weighted by atomic mass is 9.88. The molecule has 4 nitrogen and oxygen atoms in total. The van der Waals surface area contributed by atoms with E-state index in [4.69, 9.17) is 4.52 Å². The summed E-state index contributed by atoms with van der Waals surface area (Å²) in [5, 5.41) is 4.10. The highest BCUT2D eigenvalue weighted by atomic mass is 16.5. The molecule has 0 spiro atoms. The summed E-state index contributed by atoms with van der Waals surface area (Å²) in [4.78, 5) is 14.8. The molecule has 1 aliphatic heterocycles. The summed E-state index contributed by atoms with van der Waals surface area (Å²) in [6.07, 6.45) is 3.84. The number of carbonyl (C=O) groups excluding carboxylic acids is 1. The van der Waals surface area contributed by atoms with E-state index in [0.717, 1.165) is 43.6 Å². The molecule has 4 heteroatoms. The van der Waals surface area contributed by atoms with E-state index >= 15 is 0 Å². The fourth-order valence-electron chi connectivity index (χ4n) is 3.57. The molecule has 1 aliphatic carbocycles. The van der Waals surface area contributed by atoms with Crippen molar-refractivity contribution in [3.8, 4) is 0 Å². The van der Waals surface area contributed by atoms with Crippen molar-refractivity contribution in [3.63, 3.8) is 0 Å². The Labute approximate surface area is 130 Å². The number of fused-ring (bicyclic) bond motifs is 2. The first-order chi connectivity index (χ1) is 10.7. The minimum absolute atomic E-state index is 0.0219. The molecule has 4 rings (SSSR count). The maximum atomic E-state index is 12.9. The lowest BCUT2D eigenvalue weighted by Crippen LogP contribution is -2.36. The lowest BCUT2D eigenvalue weighted by molar-refractivity contribution is 0.0723.